The molecule has 1 aromatic carbocycles. The maximum absolute atomic E-state index is 11.5. The number of carbonyl (C=O) groups excluding carboxylic acids is 1. The van der Waals surface area contributed by atoms with Crippen LogP contribution in [0.1, 0.15) is 18.4 Å². The number of amides is 1. The molecule has 20 heavy (non-hydrogen) atoms. The van der Waals surface area contributed by atoms with E-state index in [0.717, 1.165) is 18.4 Å². The first kappa shape index (κ1) is 15.6. The van der Waals surface area contributed by atoms with Crippen LogP contribution in [0.3, 0.4) is 0 Å². The van der Waals surface area contributed by atoms with E-state index in [1.807, 2.05) is 0 Å². The van der Waals surface area contributed by atoms with Crippen LogP contribution in [-0.2, 0) is 4.79 Å². The van der Waals surface area contributed by atoms with Gasteiger partial charge in [-0.1, -0.05) is 12.1 Å². The van der Waals surface area contributed by atoms with E-state index in [-0.39, 0.29) is 17.6 Å². The Morgan fingerprint density at radius 2 is 1.95 bits per heavy atom. The molecular weight excluding hydrogens is 256 g/mol. The van der Waals surface area contributed by atoms with Crippen molar-refractivity contribution in [3.8, 4) is 5.75 Å². The molecule has 6 nitrogen and oxygen atoms in total. The summed E-state index contributed by atoms with van der Waals surface area (Å²) in [5, 5.41) is 11.9. The second kappa shape index (κ2) is 8.58. The summed E-state index contributed by atoms with van der Waals surface area (Å²) in [5.41, 5.74) is 11.2. The standard InChI is InChI=1S/C14H20N4O2/c15-14(16)18-10-2-1-9-17-13(20)8-5-11-3-6-12(19)7-4-11/h3-8,19H,1-2,9-10H2,(H,17,20)(H4,15,16,18)/b8-5-. The molecule has 6 N–H and O–H groups in total. The summed E-state index contributed by atoms with van der Waals surface area (Å²) >= 11 is 0. The fraction of sp³-hybridized carbons (Fsp3) is 0.286. The highest BCUT2D eigenvalue weighted by Crippen LogP contribution is 2.10. The Kier molecular flexibility index (Phi) is 6.67. The summed E-state index contributed by atoms with van der Waals surface area (Å²) in [6.45, 7) is 1.15. The number of phenolic OH excluding ortho intramolecular Hbond substituents is 1. The number of guanidine groups is 1. The second-order valence-electron chi connectivity index (χ2n) is 4.23. The Hall–Kier alpha value is -2.50. The van der Waals surface area contributed by atoms with E-state index in [0.29, 0.717) is 13.1 Å². The van der Waals surface area contributed by atoms with E-state index in [4.69, 9.17) is 16.6 Å². The molecule has 6 heteroatoms. The second-order valence-corrected chi connectivity index (χ2v) is 4.23. The largest absolute Gasteiger partial charge is 0.508 e. The summed E-state index contributed by atoms with van der Waals surface area (Å²) < 4.78 is 0. The van der Waals surface area contributed by atoms with Gasteiger partial charge in [-0.15, -0.1) is 0 Å². The van der Waals surface area contributed by atoms with Crippen molar-refractivity contribution in [1.82, 2.24) is 5.32 Å². The highest BCUT2D eigenvalue weighted by atomic mass is 16.3. The van der Waals surface area contributed by atoms with Crippen molar-refractivity contribution >= 4 is 17.9 Å². The van der Waals surface area contributed by atoms with Crippen LogP contribution in [0.2, 0.25) is 0 Å². The van der Waals surface area contributed by atoms with Crippen LogP contribution in [0.25, 0.3) is 6.08 Å². The van der Waals surface area contributed by atoms with Gasteiger partial charge in [0.1, 0.15) is 5.75 Å². The van der Waals surface area contributed by atoms with Crippen molar-refractivity contribution < 1.29 is 9.90 Å². The Balaban J connectivity index is 2.20. The minimum Gasteiger partial charge on any atom is -0.508 e. The van der Waals surface area contributed by atoms with Gasteiger partial charge in [0.15, 0.2) is 5.96 Å². The quantitative estimate of drug-likeness (QED) is 0.252. The molecule has 0 fully saturated rings. The highest BCUT2D eigenvalue weighted by molar-refractivity contribution is 5.91. The molecule has 1 aromatic rings. The summed E-state index contributed by atoms with van der Waals surface area (Å²) in [7, 11) is 0. The lowest BCUT2D eigenvalue weighted by molar-refractivity contribution is -0.116. The average molecular weight is 276 g/mol. The van der Waals surface area contributed by atoms with Gasteiger partial charge in [-0.25, -0.2) is 0 Å². The number of rotatable bonds is 7. The van der Waals surface area contributed by atoms with Crippen LogP contribution in [0, 0.1) is 0 Å². The Morgan fingerprint density at radius 3 is 2.60 bits per heavy atom. The van der Waals surface area contributed by atoms with Crippen molar-refractivity contribution in [3.05, 3.63) is 35.9 Å². The van der Waals surface area contributed by atoms with Crippen molar-refractivity contribution in [2.75, 3.05) is 13.1 Å². The number of hydrogen-bond donors (Lipinski definition) is 4. The summed E-state index contributed by atoms with van der Waals surface area (Å²) in [4.78, 5) is 15.4. The number of benzene rings is 1. The maximum Gasteiger partial charge on any atom is 0.243 e. The van der Waals surface area contributed by atoms with Crippen molar-refractivity contribution in [2.24, 2.45) is 16.5 Å². The van der Waals surface area contributed by atoms with Gasteiger partial charge in [0, 0.05) is 19.2 Å². The van der Waals surface area contributed by atoms with Crippen LogP contribution in [0.15, 0.2) is 35.3 Å². The smallest absolute Gasteiger partial charge is 0.243 e. The van der Waals surface area contributed by atoms with E-state index in [1.54, 1.807) is 30.3 Å². The molecule has 0 aliphatic carbocycles. The molecule has 0 saturated carbocycles. The molecule has 0 aromatic heterocycles. The first-order chi connectivity index (χ1) is 9.58. The normalized spacial score (nSPS) is 10.4. The lowest BCUT2D eigenvalue weighted by Crippen LogP contribution is -2.24. The third-order valence-corrected chi connectivity index (χ3v) is 2.50. The van der Waals surface area contributed by atoms with Crippen LogP contribution in [0.5, 0.6) is 5.75 Å². The number of nitrogens with one attached hydrogen (secondary N) is 1. The van der Waals surface area contributed by atoms with Crippen molar-refractivity contribution in [2.45, 2.75) is 12.8 Å². The maximum atomic E-state index is 11.5. The third kappa shape index (κ3) is 7.05. The number of phenols is 1. The molecule has 1 rings (SSSR count). The van der Waals surface area contributed by atoms with Crippen LogP contribution in [-0.4, -0.2) is 30.1 Å². The van der Waals surface area contributed by atoms with Gasteiger partial charge in [0.2, 0.25) is 5.91 Å². The van der Waals surface area contributed by atoms with Gasteiger partial charge in [-0.05, 0) is 36.6 Å². The molecule has 0 spiro atoms. The molecule has 0 aliphatic heterocycles. The Labute approximate surface area is 118 Å². The topological polar surface area (TPSA) is 114 Å². The fourth-order valence-electron chi connectivity index (χ4n) is 1.47. The van der Waals surface area contributed by atoms with Gasteiger partial charge in [0.25, 0.3) is 0 Å². The van der Waals surface area contributed by atoms with Crippen LogP contribution >= 0.6 is 0 Å². The van der Waals surface area contributed by atoms with E-state index in [9.17, 15) is 4.79 Å². The first-order valence-electron chi connectivity index (χ1n) is 6.38. The molecule has 108 valence electrons. The third-order valence-electron chi connectivity index (χ3n) is 2.50. The number of hydrogen-bond acceptors (Lipinski definition) is 3. The number of unbranched alkanes of at least 4 members (excludes halogenated alkanes) is 1. The van der Waals surface area contributed by atoms with E-state index in [1.165, 1.54) is 6.08 Å². The highest BCUT2D eigenvalue weighted by Gasteiger charge is 1.95. The summed E-state index contributed by atoms with van der Waals surface area (Å²) in [6.07, 6.45) is 4.78. The molecular formula is C14H20N4O2. The molecule has 0 radical (unpaired) electrons. The van der Waals surface area contributed by atoms with Crippen molar-refractivity contribution in [1.29, 1.82) is 0 Å². The zero-order valence-electron chi connectivity index (χ0n) is 11.2. The zero-order chi connectivity index (χ0) is 14.8. The van der Waals surface area contributed by atoms with Gasteiger partial charge in [0.05, 0.1) is 0 Å². The molecule has 0 heterocycles. The predicted molar refractivity (Wildman–Crippen MR) is 80.1 cm³/mol. The van der Waals surface area contributed by atoms with E-state index < -0.39 is 0 Å². The van der Waals surface area contributed by atoms with Gasteiger partial charge >= 0.3 is 0 Å². The van der Waals surface area contributed by atoms with Crippen LogP contribution in [0.4, 0.5) is 0 Å². The Bertz CT molecular complexity index is 476. The van der Waals surface area contributed by atoms with Crippen LogP contribution < -0.4 is 16.8 Å². The van der Waals surface area contributed by atoms with Gasteiger partial charge < -0.3 is 21.9 Å². The van der Waals surface area contributed by atoms with Gasteiger partial charge in [-0.2, -0.15) is 0 Å². The molecule has 1 amide bonds. The summed E-state index contributed by atoms with van der Waals surface area (Å²) in [5.74, 6) is 0.137. The average Bonchev–Trinajstić information content (AvgIpc) is 2.41. The monoisotopic (exact) mass is 276 g/mol. The lowest BCUT2D eigenvalue weighted by Gasteiger charge is -2.01. The molecule has 0 aliphatic rings. The number of aromatic hydroxyl groups is 1. The van der Waals surface area contributed by atoms with E-state index in [2.05, 4.69) is 10.3 Å². The summed E-state index contributed by atoms with van der Waals surface area (Å²) in [6, 6.07) is 6.60. The lowest BCUT2D eigenvalue weighted by atomic mass is 10.2. The minimum absolute atomic E-state index is 0.0888. The van der Waals surface area contributed by atoms with E-state index >= 15 is 0 Å². The van der Waals surface area contributed by atoms with Crippen molar-refractivity contribution in [3.63, 3.8) is 0 Å². The van der Waals surface area contributed by atoms with Gasteiger partial charge in [-0.3, -0.25) is 9.79 Å². The SMILES string of the molecule is NC(N)=NCCCCNC(=O)/C=C\c1ccc(O)cc1. The first-order valence-corrected chi connectivity index (χ1v) is 6.38. The number of carbonyl (C=O) groups is 1. The predicted octanol–water partition coefficient (Wildman–Crippen LogP) is 0.575. The number of aliphatic imine (C=N–C) groups is 1. The Morgan fingerprint density at radius 1 is 1.25 bits per heavy atom. The zero-order valence-corrected chi connectivity index (χ0v) is 11.2. The fourth-order valence-corrected chi connectivity index (χ4v) is 1.47. The molecule has 0 atom stereocenters. The number of nitrogens with zero attached hydrogens (tertiary/aromatic N) is 1. The molecule has 0 unspecified atom stereocenters. The molecule has 0 bridgehead atoms. The molecule has 0 saturated heterocycles. The minimum atomic E-state index is -0.153. The number of nitrogens with two attached hydrogens (primary N) is 2.